The zero-order valence-corrected chi connectivity index (χ0v) is 17.8. The molecular formula is C20H27N3O4S. The molecule has 0 aliphatic carbocycles. The second-order valence-corrected chi connectivity index (χ2v) is 9.02. The Morgan fingerprint density at radius 3 is 2.50 bits per heavy atom. The minimum atomic E-state index is -0.968. The van der Waals surface area contributed by atoms with E-state index in [0.717, 1.165) is 11.3 Å². The number of amides is 1. The fourth-order valence-electron chi connectivity index (χ4n) is 3.11. The topological polar surface area (TPSA) is 82.5 Å². The molecule has 2 heterocycles. The number of carbonyl (C=O) groups is 1. The van der Waals surface area contributed by atoms with Gasteiger partial charge in [0.2, 0.25) is 0 Å². The van der Waals surface area contributed by atoms with E-state index in [1.54, 1.807) is 18.2 Å². The third kappa shape index (κ3) is 4.06. The number of ether oxygens (including phenoxy) is 2. The number of aromatic nitrogens is 2. The van der Waals surface area contributed by atoms with E-state index in [9.17, 15) is 9.00 Å². The first-order valence-electron chi connectivity index (χ1n) is 9.41. The average molecular weight is 406 g/mol. The van der Waals surface area contributed by atoms with Crippen molar-refractivity contribution in [2.75, 3.05) is 18.5 Å². The van der Waals surface area contributed by atoms with Crippen LogP contribution in [0.2, 0.25) is 0 Å². The molecule has 0 unspecified atom stereocenters. The third-order valence-electron chi connectivity index (χ3n) is 4.34. The van der Waals surface area contributed by atoms with Gasteiger partial charge in [0.05, 0.1) is 36.0 Å². The highest BCUT2D eigenvalue weighted by molar-refractivity contribution is 7.83. The molecule has 152 valence electrons. The van der Waals surface area contributed by atoms with Crippen LogP contribution in [0.25, 0.3) is 0 Å². The molecule has 1 aromatic heterocycles. The van der Waals surface area contributed by atoms with Gasteiger partial charge >= 0.3 is 0 Å². The van der Waals surface area contributed by atoms with Crippen LogP contribution >= 0.6 is 0 Å². The van der Waals surface area contributed by atoms with Crippen molar-refractivity contribution < 1.29 is 18.5 Å². The van der Waals surface area contributed by atoms with Gasteiger partial charge in [0.1, 0.15) is 5.82 Å². The van der Waals surface area contributed by atoms with Gasteiger partial charge in [-0.3, -0.25) is 9.00 Å². The first-order chi connectivity index (χ1) is 13.2. The number of hydrogen-bond acceptors (Lipinski definition) is 5. The number of fused-ring (bicyclic) bond motifs is 1. The number of benzene rings is 1. The summed E-state index contributed by atoms with van der Waals surface area (Å²) in [6.45, 7) is 10.8. The van der Waals surface area contributed by atoms with Crippen molar-refractivity contribution in [1.29, 1.82) is 0 Å². The number of rotatable bonds is 6. The zero-order valence-electron chi connectivity index (χ0n) is 17.0. The molecule has 2 aromatic rings. The summed E-state index contributed by atoms with van der Waals surface area (Å²) in [6.07, 6.45) is 0. The van der Waals surface area contributed by atoms with Gasteiger partial charge in [-0.15, -0.1) is 0 Å². The predicted octanol–water partition coefficient (Wildman–Crippen LogP) is 3.45. The minimum absolute atomic E-state index is 0.269. The molecule has 1 amide bonds. The van der Waals surface area contributed by atoms with Crippen LogP contribution < -0.4 is 14.8 Å². The molecule has 8 heteroatoms. The van der Waals surface area contributed by atoms with Crippen molar-refractivity contribution in [3.63, 3.8) is 0 Å². The second-order valence-electron chi connectivity index (χ2n) is 7.57. The van der Waals surface area contributed by atoms with Crippen molar-refractivity contribution in [2.24, 2.45) is 0 Å². The lowest BCUT2D eigenvalue weighted by molar-refractivity contribution is 0.102. The van der Waals surface area contributed by atoms with Gasteiger partial charge < -0.3 is 14.8 Å². The van der Waals surface area contributed by atoms with Crippen LogP contribution in [0.1, 0.15) is 56.2 Å². The summed E-state index contributed by atoms with van der Waals surface area (Å²) < 4.78 is 25.0. The Morgan fingerprint density at radius 2 is 1.86 bits per heavy atom. The summed E-state index contributed by atoms with van der Waals surface area (Å²) in [5.74, 6) is 2.33. The summed E-state index contributed by atoms with van der Waals surface area (Å²) in [4.78, 5) is 13.0. The molecule has 28 heavy (non-hydrogen) atoms. The summed E-state index contributed by atoms with van der Waals surface area (Å²) in [7, 11) is -0.968. The lowest BCUT2D eigenvalue weighted by Gasteiger charge is -2.23. The number of hydrogen-bond donors (Lipinski definition) is 1. The largest absolute Gasteiger partial charge is 0.490 e. The molecular weight excluding hydrogens is 378 g/mol. The number of carbonyl (C=O) groups excluding carboxylic acids is 1. The van der Waals surface area contributed by atoms with Crippen LogP contribution in [0.4, 0.5) is 5.82 Å². The first-order valence-corrected chi connectivity index (χ1v) is 10.9. The zero-order chi connectivity index (χ0) is 20.5. The van der Waals surface area contributed by atoms with Crippen LogP contribution in [0.3, 0.4) is 0 Å². The highest BCUT2D eigenvalue weighted by atomic mass is 32.2. The van der Waals surface area contributed by atoms with Crippen molar-refractivity contribution in [3.05, 3.63) is 35.0 Å². The van der Waals surface area contributed by atoms with Crippen LogP contribution in [-0.4, -0.2) is 33.1 Å². The SMILES string of the molecule is CCOc1ccc(C(=O)Nc2c3c(nn2C(C)(C)C)C[S@@](=O)C3)cc1OCC. The Balaban J connectivity index is 1.93. The monoisotopic (exact) mass is 405 g/mol. The fraction of sp³-hybridized carbons (Fsp3) is 0.500. The van der Waals surface area contributed by atoms with Gasteiger partial charge in [0, 0.05) is 21.9 Å². The Bertz CT molecular complexity index is 915. The molecule has 1 aromatic carbocycles. The predicted molar refractivity (Wildman–Crippen MR) is 110 cm³/mol. The van der Waals surface area contributed by atoms with E-state index in [4.69, 9.17) is 9.47 Å². The van der Waals surface area contributed by atoms with E-state index in [1.165, 1.54) is 0 Å². The van der Waals surface area contributed by atoms with Crippen molar-refractivity contribution in [1.82, 2.24) is 9.78 Å². The minimum Gasteiger partial charge on any atom is -0.490 e. The molecule has 0 radical (unpaired) electrons. The molecule has 0 fully saturated rings. The van der Waals surface area contributed by atoms with Crippen LogP contribution in [0.15, 0.2) is 18.2 Å². The number of anilines is 1. The average Bonchev–Trinajstić information content (AvgIpc) is 3.14. The smallest absolute Gasteiger partial charge is 0.256 e. The molecule has 1 N–H and O–H groups in total. The first kappa shape index (κ1) is 20.4. The summed E-state index contributed by atoms with van der Waals surface area (Å²) >= 11 is 0. The van der Waals surface area contributed by atoms with E-state index in [2.05, 4.69) is 10.4 Å². The number of nitrogens with one attached hydrogen (secondary N) is 1. The molecule has 3 rings (SSSR count). The summed E-state index contributed by atoms with van der Waals surface area (Å²) in [6, 6.07) is 5.13. The molecule has 0 saturated carbocycles. The summed E-state index contributed by atoms with van der Waals surface area (Å²) in [5.41, 5.74) is 1.80. The normalized spacial score (nSPS) is 16.0. The van der Waals surface area contributed by atoms with Crippen molar-refractivity contribution in [2.45, 2.75) is 51.7 Å². The Hall–Kier alpha value is -2.35. The molecule has 7 nitrogen and oxygen atoms in total. The van der Waals surface area contributed by atoms with E-state index < -0.39 is 10.8 Å². The number of nitrogens with zero attached hydrogens (tertiary/aromatic N) is 2. The van der Waals surface area contributed by atoms with Crippen LogP contribution in [0, 0.1) is 0 Å². The molecule has 1 atom stereocenters. The maximum Gasteiger partial charge on any atom is 0.256 e. The molecule has 1 aliphatic heterocycles. The molecule has 1 aliphatic rings. The third-order valence-corrected chi connectivity index (χ3v) is 5.55. The van der Waals surface area contributed by atoms with Gasteiger partial charge in [0.15, 0.2) is 11.5 Å². The molecule has 0 spiro atoms. The van der Waals surface area contributed by atoms with Crippen LogP contribution in [-0.2, 0) is 27.8 Å². The van der Waals surface area contributed by atoms with Crippen LogP contribution in [0.5, 0.6) is 11.5 Å². The fourth-order valence-corrected chi connectivity index (χ4v) is 4.38. The molecule has 0 bridgehead atoms. The summed E-state index contributed by atoms with van der Waals surface area (Å²) in [5, 5.41) is 7.59. The molecule has 0 saturated heterocycles. The van der Waals surface area contributed by atoms with E-state index in [1.807, 2.05) is 39.3 Å². The Labute approximate surface area is 167 Å². The van der Waals surface area contributed by atoms with E-state index >= 15 is 0 Å². The van der Waals surface area contributed by atoms with Gasteiger partial charge in [-0.05, 0) is 52.8 Å². The van der Waals surface area contributed by atoms with Crippen molar-refractivity contribution >= 4 is 22.5 Å². The lowest BCUT2D eigenvalue weighted by atomic mass is 10.1. The van der Waals surface area contributed by atoms with Gasteiger partial charge in [-0.25, -0.2) is 4.68 Å². The highest BCUT2D eigenvalue weighted by Gasteiger charge is 2.31. The maximum absolute atomic E-state index is 13.0. The van der Waals surface area contributed by atoms with Gasteiger partial charge in [-0.1, -0.05) is 0 Å². The highest BCUT2D eigenvalue weighted by Crippen LogP contribution is 2.34. The lowest BCUT2D eigenvalue weighted by Crippen LogP contribution is -2.27. The quantitative estimate of drug-likeness (QED) is 0.796. The van der Waals surface area contributed by atoms with E-state index in [0.29, 0.717) is 47.6 Å². The van der Waals surface area contributed by atoms with Gasteiger partial charge in [-0.2, -0.15) is 5.10 Å². The standard InChI is InChI=1S/C20H27N3O4S/c1-6-26-16-9-8-13(10-17(16)27-7-2)19(24)21-18-14-11-28(25)12-15(14)22-23(18)20(3,4)5/h8-10H,6-7,11-12H2,1-5H3,(H,21,24)/t28-/m0/s1. The maximum atomic E-state index is 13.0. The van der Waals surface area contributed by atoms with Gasteiger partial charge in [0.25, 0.3) is 5.91 Å². The van der Waals surface area contributed by atoms with E-state index in [-0.39, 0.29) is 11.4 Å². The van der Waals surface area contributed by atoms with Crippen molar-refractivity contribution in [3.8, 4) is 11.5 Å². The second kappa shape index (κ2) is 7.95. The Morgan fingerprint density at radius 1 is 1.18 bits per heavy atom. The Kier molecular flexibility index (Phi) is 5.79.